The summed E-state index contributed by atoms with van der Waals surface area (Å²) in [5.41, 5.74) is 12.4. The second-order valence-corrected chi connectivity index (χ2v) is 10.5. The highest BCUT2D eigenvalue weighted by Crippen LogP contribution is 2.13. The van der Waals surface area contributed by atoms with E-state index in [1.54, 1.807) is 42.5 Å². The number of phenols is 1. The van der Waals surface area contributed by atoms with Crippen molar-refractivity contribution in [1.29, 1.82) is 0 Å². The van der Waals surface area contributed by atoms with Crippen LogP contribution in [0.1, 0.15) is 30.4 Å². The van der Waals surface area contributed by atoms with Gasteiger partial charge in [0.2, 0.25) is 23.6 Å². The van der Waals surface area contributed by atoms with Crippen molar-refractivity contribution in [2.75, 3.05) is 12.0 Å². The van der Waals surface area contributed by atoms with Crippen molar-refractivity contribution in [3.63, 3.8) is 0 Å². The molecular weight excluding hydrogens is 550 g/mol. The number of amides is 4. The second-order valence-electron chi connectivity index (χ2n) is 9.48. The van der Waals surface area contributed by atoms with E-state index in [1.165, 1.54) is 23.9 Å². The van der Waals surface area contributed by atoms with Gasteiger partial charge in [0.1, 0.15) is 23.9 Å². The highest BCUT2D eigenvalue weighted by atomic mass is 32.2. The van der Waals surface area contributed by atoms with Crippen LogP contribution < -0.4 is 27.4 Å². The molecule has 13 heteroatoms. The summed E-state index contributed by atoms with van der Waals surface area (Å²) in [7, 11) is 0. The second kappa shape index (κ2) is 16.9. The van der Waals surface area contributed by atoms with E-state index in [0.29, 0.717) is 11.3 Å². The summed E-state index contributed by atoms with van der Waals surface area (Å²) in [6.45, 7) is 0. The van der Waals surface area contributed by atoms with E-state index in [9.17, 15) is 34.2 Å². The summed E-state index contributed by atoms with van der Waals surface area (Å²) < 4.78 is 0. The van der Waals surface area contributed by atoms with Gasteiger partial charge in [-0.15, -0.1) is 0 Å². The minimum atomic E-state index is -1.19. The van der Waals surface area contributed by atoms with Crippen molar-refractivity contribution in [1.82, 2.24) is 16.0 Å². The Balaban J connectivity index is 2.30. The third kappa shape index (κ3) is 11.9. The van der Waals surface area contributed by atoms with Gasteiger partial charge >= 0.3 is 5.97 Å². The Morgan fingerprint density at radius 3 is 1.80 bits per heavy atom. The van der Waals surface area contributed by atoms with Gasteiger partial charge in [-0.05, 0) is 48.1 Å². The van der Waals surface area contributed by atoms with Gasteiger partial charge in [0.15, 0.2) is 0 Å². The van der Waals surface area contributed by atoms with Crippen molar-refractivity contribution < 1.29 is 34.2 Å². The topological polar surface area (TPSA) is 214 Å². The van der Waals surface area contributed by atoms with Gasteiger partial charge in [-0.1, -0.05) is 42.5 Å². The summed E-state index contributed by atoms with van der Waals surface area (Å²) in [6.07, 6.45) is 1.92. The summed E-state index contributed by atoms with van der Waals surface area (Å²) in [5.74, 6) is -3.40. The van der Waals surface area contributed by atoms with Crippen LogP contribution in [-0.4, -0.2) is 76.0 Å². The Morgan fingerprint density at radius 2 is 1.29 bits per heavy atom. The number of hydrogen-bond acceptors (Lipinski definition) is 8. The van der Waals surface area contributed by atoms with E-state index < -0.39 is 53.8 Å². The van der Waals surface area contributed by atoms with Crippen LogP contribution in [0, 0.1) is 0 Å². The quantitative estimate of drug-likeness (QED) is 0.133. The average molecular weight is 588 g/mol. The molecule has 2 aromatic carbocycles. The molecule has 2 aromatic rings. The highest BCUT2D eigenvalue weighted by Gasteiger charge is 2.30. The van der Waals surface area contributed by atoms with E-state index in [-0.39, 0.29) is 37.9 Å². The number of benzene rings is 2. The molecule has 0 saturated heterocycles. The van der Waals surface area contributed by atoms with E-state index in [1.807, 2.05) is 6.26 Å². The van der Waals surface area contributed by atoms with Gasteiger partial charge in [-0.3, -0.25) is 19.2 Å². The van der Waals surface area contributed by atoms with E-state index in [2.05, 4.69) is 16.0 Å². The zero-order chi connectivity index (χ0) is 30.4. The molecule has 0 aliphatic rings. The van der Waals surface area contributed by atoms with Crippen molar-refractivity contribution in [2.45, 2.75) is 56.3 Å². The number of carbonyl (C=O) groups excluding carboxylic acids is 4. The molecule has 0 aromatic heterocycles. The molecule has 222 valence electrons. The van der Waals surface area contributed by atoms with Gasteiger partial charge in [-0.2, -0.15) is 11.8 Å². The SMILES string of the molecule is CSCCC(NC(=O)C(Cc1ccccc1)NC(=O)C(Cc1ccc(O)cc1)NC(=O)C(N)CCC(N)=O)C(=O)O. The van der Waals surface area contributed by atoms with Crippen molar-refractivity contribution in [3.8, 4) is 5.75 Å². The largest absolute Gasteiger partial charge is 0.508 e. The van der Waals surface area contributed by atoms with E-state index >= 15 is 0 Å². The molecule has 0 aliphatic carbocycles. The highest BCUT2D eigenvalue weighted by molar-refractivity contribution is 7.98. The van der Waals surface area contributed by atoms with Gasteiger partial charge in [0, 0.05) is 19.3 Å². The van der Waals surface area contributed by atoms with Gasteiger partial charge in [0.05, 0.1) is 6.04 Å². The number of carboxylic acids is 1. The molecule has 0 bridgehead atoms. The molecule has 4 unspecified atom stereocenters. The first kappa shape index (κ1) is 33.1. The summed E-state index contributed by atoms with van der Waals surface area (Å²) in [4.78, 5) is 62.5. The maximum Gasteiger partial charge on any atom is 0.326 e. The lowest BCUT2D eigenvalue weighted by atomic mass is 10.0. The van der Waals surface area contributed by atoms with Crippen LogP contribution in [0.15, 0.2) is 54.6 Å². The lowest BCUT2D eigenvalue weighted by molar-refractivity contribution is -0.142. The van der Waals surface area contributed by atoms with E-state index in [4.69, 9.17) is 11.5 Å². The zero-order valence-electron chi connectivity index (χ0n) is 22.7. The van der Waals surface area contributed by atoms with Crippen LogP contribution in [0.4, 0.5) is 0 Å². The van der Waals surface area contributed by atoms with E-state index in [0.717, 1.165) is 5.56 Å². The minimum absolute atomic E-state index is 0.00839. The Kier molecular flexibility index (Phi) is 13.6. The molecule has 2 rings (SSSR count). The van der Waals surface area contributed by atoms with Crippen LogP contribution in [0.2, 0.25) is 0 Å². The summed E-state index contributed by atoms with van der Waals surface area (Å²) in [5, 5.41) is 27.0. The van der Waals surface area contributed by atoms with Crippen LogP contribution in [-0.2, 0) is 36.8 Å². The third-order valence-corrected chi connectivity index (χ3v) is 6.83. The number of aliphatic carboxylic acids is 1. The molecule has 0 fully saturated rings. The zero-order valence-corrected chi connectivity index (χ0v) is 23.6. The molecule has 9 N–H and O–H groups in total. The molecule has 0 saturated carbocycles. The molecular formula is C28H37N5O7S. The number of aromatic hydroxyl groups is 1. The molecule has 4 amide bonds. The van der Waals surface area contributed by atoms with Crippen LogP contribution in [0.5, 0.6) is 5.75 Å². The summed E-state index contributed by atoms with van der Waals surface area (Å²) >= 11 is 1.44. The first-order chi connectivity index (χ1) is 19.5. The number of nitrogens with two attached hydrogens (primary N) is 2. The minimum Gasteiger partial charge on any atom is -0.508 e. The molecule has 0 heterocycles. The Hall–Kier alpha value is -4.10. The number of carboxylic acid groups (broad SMARTS) is 1. The standard InChI is InChI=1S/C28H37N5O7S/c1-41-14-13-21(28(39)40)31-26(37)23(15-17-5-3-2-4-6-17)33-27(38)22(16-18-7-9-19(34)10-8-18)32-25(36)20(29)11-12-24(30)35/h2-10,20-23,34H,11-16,29H2,1H3,(H2,30,35)(H,31,37)(H,32,36)(H,33,38)(H,39,40). The number of rotatable bonds is 17. The van der Waals surface area contributed by atoms with Crippen LogP contribution in [0.25, 0.3) is 0 Å². The molecule has 0 radical (unpaired) electrons. The normalized spacial score (nSPS) is 13.7. The smallest absolute Gasteiger partial charge is 0.326 e. The third-order valence-electron chi connectivity index (χ3n) is 6.19. The molecule has 12 nitrogen and oxygen atoms in total. The first-order valence-electron chi connectivity index (χ1n) is 13.0. The fourth-order valence-corrected chi connectivity index (χ4v) is 4.35. The fourth-order valence-electron chi connectivity index (χ4n) is 3.88. The number of nitrogens with one attached hydrogen (secondary N) is 3. The Morgan fingerprint density at radius 1 is 0.780 bits per heavy atom. The number of primary amides is 1. The number of hydrogen-bond donors (Lipinski definition) is 7. The maximum absolute atomic E-state index is 13.5. The molecule has 41 heavy (non-hydrogen) atoms. The average Bonchev–Trinajstić information content (AvgIpc) is 2.94. The van der Waals surface area contributed by atoms with Gasteiger partial charge < -0.3 is 37.6 Å². The molecule has 0 aliphatic heterocycles. The van der Waals surface area contributed by atoms with Gasteiger partial charge in [0.25, 0.3) is 0 Å². The monoisotopic (exact) mass is 587 g/mol. The number of carbonyl (C=O) groups is 5. The number of thioether (sulfide) groups is 1. The van der Waals surface area contributed by atoms with Crippen LogP contribution >= 0.6 is 11.8 Å². The van der Waals surface area contributed by atoms with Crippen molar-refractivity contribution in [3.05, 3.63) is 65.7 Å². The molecule has 4 atom stereocenters. The first-order valence-corrected chi connectivity index (χ1v) is 14.4. The Labute approximate surface area is 242 Å². The van der Waals surface area contributed by atoms with Crippen LogP contribution in [0.3, 0.4) is 0 Å². The fraction of sp³-hybridized carbons (Fsp3) is 0.393. The molecule has 0 spiro atoms. The predicted octanol–water partition coefficient (Wildman–Crippen LogP) is 0.0623. The van der Waals surface area contributed by atoms with Gasteiger partial charge in [-0.25, -0.2) is 4.79 Å². The van der Waals surface area contributed by atoms with Crippen molar-refractivity contribution >= 4 is 41.4 Å². The lowest BCUT2D eigenvalue weighted by Gasteiger charge is -2.25. The van der Waals surface area contributed by atoms with Crippen molar-refractivity contribution in [2.24, 2.45) is 11.5 Å². The number of phenolic OH excluding ortho intramolecular Hbond substituents is 1. The summed E-state index contributed by atoms with van der Waals surface area (Å²) in [6, 6.07) is 10.3. The lowest BCUT2D eigenvalue weighted by Crippen LogP contribution is -2.58. The predicted molar refractivity (Wildman–Crippen MR) is 155 cm³/mol. The maximum atomic E-state index is 13.5. The Bertz CT molecular complexity index is 1180.